The fourth-order valence-electron chi connectivity index (χ4n) is 4.20. The van der Waals surface area contributed by atoms with Crippen molar-refractivity contribution in [3.63, 3.8) is 0 Å². The van der Waals surface area contributed by atoms with Gasteiger partial charge in [0.15, 0.2) is 0 Å². The number of amides is 1. The summed E-state index contributed by atoms with van der Waals surface area (Å²) in [6.45, 7) is 1.91. The molecule has 4 aromatic rings. The third-order valence-electron chi connectivity index (χ3n) is 5.74. The maximum Gasteiger partial charge on any atom is 0.272 e. The smallest absolute Gasteiger partial charge is 0.272 e. The van der Waals surface area contributed by atoms with Crippen LogP contribution in [-0.4, -0.2) is 45.1 Å². The molecule has 0 aliphatic carbocycles. The first-order valence-electron chi connectivity index (χ1n) is 10.5. The molecule has 5 rings (SSSR count). The maximum atomic E-state index is 12.7. The third kappa shape index (κ3) is 3.67. The first kappa shape index (κ1) is 20.6. The number of carbonyl (C=O) groups is 1. The zero-order valence-corrected chi connectivity index (χ0v) is 18.4. The zero-order chi connectivity index (χ0) is 22.9. The number of para-hydroxylation sites is 1. The molecule has 0 spiro atoms. The molecule has 166 valence electrons. The molecule has 1 atom stereocenters. The van der Waals surface area contributed by atoms with E-state index in [1.54, 1.807) is 25.1 Å². The van der Waals surface area contributed by atoms with Gasteiger partial charge in [0.25, 0.3) is 5.95 Å². The van der Waals surface area contributed by atoms with Crippen molar-refractivity contribution in [2.45, 2.75) is 19.3 Å². The molecule has 0 saturated carbocycles. The summed E-state index contributed by atoms with van der Waals surface area (Å²) < 4.78 is 12.3. The average molecular weight is 442 g/mol. The summed E-state index contributed by atoms with van der Waals surface area (Å²) in [6, 6.07) is 15.2. The van der Waals surface area contributed by atoms with Gasteiger partial charge in [0.05, 0.1) is 31.8 Å². The van der Waals surface area contributed by atoms with Crippen molar-refractivity contribution in [3.05, 3.63) is 71.5 Å². The fraction of sp³-hybridized carbons (Fsp3) is 0.208. The second kappa shape index (κ2) is 8.34. The largest absolute Gasteiger partial charge is 0.497 e. The van der Waals surface area contributed by atoms with E-state index in [4.69, 9.17) is 9.47 Å². The number of ether oxygens (including phenoxy) is 2. The highest BCUT2D eigenvalue weighted by Crippen LogP contribution is 2.42. The minimum absolute atomic E-state index is 0.112. The van der Waals surface area contributed by atoms with Gasteiger partial charge >= 0.3 is 0 Å². The average Bonchev–Trinajstić information content (AvgIpc) is 3.19. The zero-order valence-electron chi connectivity index (χ0n) is 18.4. The molecule has 2 aromatic heterocycles. The van der Waals surface area contributed by atoms with Gasteiger partial charge < -0.3 is 14.8 Å². The van der Waals surface area contributed by atoms with Gasteiger partial charge in [-0.25, -0.2) is 4.98 Å². The van der Waals surface area contributed by atoms with Gasteiger partial charge in [0, 0.05) is 29.0 Å². The Morgan fingerprint density at radius 1 is 1.06 bits per heavy atom. The Morgan fingerprint density at radius 2 is 1.85 bits per heavy atom. The van der Waals surface area contributed by atoms with Gasteiger partial charge in [-0.05, 0) is 37.3 Å². The Kier molecular flexibility index (Phi) is 5.21. The molecule has 0 fully saturated rings. The number of benzene rings is 2. The molecule has 1 N–H and O–H groups in total. The van der Waals surface area contributed by atoms with Crippen LogP contribution in [0.2, 0.25) is 0 Å². The first-order chi connectivity index (χ1) is 16.1. The molecule has 3 heterocycles. The molecule has 9 nitrogen and oxygen atoms in total. The van der Waals surface area contributed by atoms with Crippen molar-refractivity contribution >= 4 is 11.7 Å². The van der Waals surface area contributed by atoms with Gasteiger partial charge in [-0.1, -0.05) is 18.2 Å². The first-order valence-corrected chi connectivity index (χ1v) is 10.5. The predicted molar refractivity (Wildman–Crippen MR) is 122 cm³/mol. The summed E-state index contributed by atoms with van der Waals surface area (Å²) in [6.07, 6.45) is 1.88. The number of carbonyl (C=O) groups excluding carboxylic acids is 1. The Hall–Kier alpha value is -4.27. The van der Waals surface area contributed by atoms with Crippen LogP contribution in [0.25, 0.3) is 17.2 Å². The predicted octanol–water partition coefficient (Wildman–Crippen LogP) is 3.52. The molecule has 0 bridgehead atoms. The van der Waals surface area contributed by atoms with Gasteiger partial charge in [-0.15, -0.1) is 5.10 Å². The van der Waals surface area contributed by atoms with Crippen LogP contribution >= 0.6 is 0 Å². The fourth-order valence-corrected chi connectivity index (χ4v) is 4.20. The van der Waals surface area contributed by atoms with Crippen LogP contribution in [0.1, 0.15) is 29.2 Å². The Balaban J connectivity index is 1.60. The lowest BCUT2D eigenvalue weighted by atomic mass is 9.85. The maximum absolute atomic E-state index is 12.7. The summed E-state index contributed by atoms with van der Waals surface area (Å²) in [5, 5.41) is 15.9. The number of nitrogens with zero attached hydrogens (tertiary/aromatic N) is 5. The Morgan fingerprint density at radius 3 is 2.61 bits per heavy atom. The van der Waals surface area contributed by atoms with Crippen molar-refractivity contribution in [1.82, 2.24) is 25.0 Å². The highest BCUT2D eigenvalue weighted by molar-refractivity contribution is 5.95. The number of aryl methyl sites for hydroxylation is 1. The second-order valence-electron chi connectivity index (χ2n) is 7.68. The van der Waals surface area contributed by atoms with Crippen molar-refractivity contribution in [2.24, 2.45) is 0 Å². The van der Waals surface area contributed by atoms with Gasteiger partial charge in [0.1, 0.15) is 17.3 Å². The lowest BCUT2D eigenvalue weighted by Gasteiger charge is -2.25. The monoisotopic (exact) mass is 442 g/mol. The van der Waals surface area contributed by atoms with Crippen molar-refractivity contribution in [1.29, 1.82) is 0 Å². The van der Waals surface area contributed by atoms with Crippen molar-refractivity contribution in [3.8, 4) is 28.7 Å². The van der Waals surface area contributed by atoms with Gasteiger partial charge in [-0.3, -0.25) is 4.79 Å². The van der Waals surface area contributed by atoms with Crippen molar-refractivity contribution < 1.29 is 14.3 Å². The lowest BCUT2D eigenvalue weighted by molar-refractivity contribution is -0.116. The second-order valence-corrected chi connectivity index (χ2v) is 7.68. The van der Waals surface area contributed by atoms with Crippen LogP contribution in [0.4, 0.5) is 5.82 Å². The normalized spacial score (nSPS) is 15.0. The number of rotatable bonds is 5. The molecule has 0 saturated heterocycles. The molecule has 0 unspecified atom stereocenters. The molecule has 1 aliphatic heterocycles. The topological polar surface area (TPSA) is 104 Å². The summed E-state index contributed by atoms with van der Waals surface area (Å²) >= 11 is 0. The molecule has 2 aromatic carbocycles. The number of hydrogen-bond donors (Lipinski definition) is 1. The summed E-state index contributed by atoms with van der Waals surface area (Å²) in [5.74, 6) is 2.00. The molecule has 1 aliphatic rings. The minimum atomic E-state index is -0.198. The van der Waals surface area contributed by atoms with E-state index >= 15 is 0 Å². The number of hydrogen-bond acceptors (Lipinski definition) is 7. The Bertz CT molecular complexity index is 1330. The number of fused-ring (bicyclic) bond motifs is 1. The van der Waals surface area contributed by atoms with E-state index in [0.717, 1.165) is 33.9 Å². The van der Waals surface area contributed by atoms with Crippen LogP contribution in [0.5, 0.6) is 11.5 Å². The molecule has 33 heavy (non-hydrogen) atoms. The van der Waals surface area contributed by atoms with Crippen LogP contribution in [0, 0.1) is 6.92 Å². The van der Waals surface area contributed by atoms with E-state index < -0.39 is 0 Å². The van der Waals surface area contributed by atoms with E-state index in [2.05, 4.69) is 25.6 Å². The molecular formula is C24H22N6O3. The summed E-state index contributed by atoms with van der Waals surface area (Å²) in [5.41, 5.74) is 4.12. The van der Waals surface area contributed by atoms with E-state index in [1.807, 2.05) is 55.5 Å². The van der Waals surface area contributed by atoms with Gasteiger partial charge in [0.2, 0.25) is 5.91 Å². The molecule has 1 amide bonds. The van der Waals surface area contributed by atoms with E-state index in [9.17, 15) is 4.79 Å². The summed E-state index contributed by atoms with van der Waals surface area (Å²) in [4.78, 5) is 17.3. The summed E-state index contributed by atoms with van der Waals surface area (Å²) in [7, 11) is 3.25. The Labute approximate surface area is 190 Å². The van der Waals surface area contributed by atoms with Crippen molar-refractivity contribution in [2.75, 3.05) is 19.5 Å². The van der Waals surface area contributed by atoms with Crippen LogP contribution in [0.3, 0.4) is 0 Å². The third-order valence-corrected chi connectivity index (χ3v) is 5.74. The standard InChI is InChI=1S/C24H22N6O3/c1-14-22-18(17-6-4-5-7-20(17)33-3)12-21(31)27-23(22)30(29-14)24-26-19(13-25-28-24)15-8-10-16(32-2)11-9-15/h4-11,13,18H,12H2,1-3H3,(H,27,31)/t18-/m1/s1. The number of aromatic nitrogens is 5. The SMILES string of the molecule is COc1ccc(-c2cnnc(-n3nc(C)c4c3NC(=O)C[C@@H]4c3ccccc3OC)n2)cc1. The van der Waals surface area contributed by atoms with Crippen LogP contribution in [-0.2, 0) is 4.79 Å². The number of nitrogens with one attached hydrogen (secondary N) is 1. The van der Waals surface area contributed by atoms with Gasteiger partial charge in [-0.2, -0.15) is 14.9 Å². The number of methoxy groups -OCH3 is 2. The molecule has 9 heteroatoms. The highest BCUT2D eigenvalue weighted by atomic mass is 16.5. The molecule has 0 radical (unpaired) electrons. The molecular weight excluding hydrogens is 420 g/mol. The highest BCUT2D eigenvalue weighted by Gasteiger charge is 2.34. The number of anilines is 1. The quantitative estimate of drug-likeness (QED) is 0.504. The lowest BCUT2D eigenvalue weighted by Crippen LogP contribution is -2.25. The van der Waals surface area contributed by atoms with Crippen LogP contribution < -0.4 is 14.8 Å². The minimum Gasteiger partial charge on any atom is -0.497 e. The van der Waals surface area contributed by atoms with E-state index in [-0.39, 0.29) is 17.8 Å². The van der Waals surface area contributed by atoms with E-state index in [0.29, 0.717) is 17.9 Å². The van der Waals surface area contributed by atoms with E-state index in [1.165, 1.54) is 0 Å². The van der Waals surface area contributed by atoms with Crippen LogP contribution in [0.15, 0.2) is 54.7 Å².